The zero-order chi connectivity index (χ0) is 9.80. The zero-order valence-electron chi connectivity index (χ0n) is 7.17. The molecule has 0 fully saturated rings. The number of hydrogen-bond acceptors (Lipinski definition) is 4. The van der Waals surface area contributed by atoms with Gasteiger partial charge in [0.15, 0.2) is 0 Å². The maximum Gasteiger partial charge on any atom is 0.214 e. The van der Waals surface area contributed by atoms with E-state index in [4.69, 9.17) is 0 Å². The Kier molecular flexibility index (Phi) is 3.35. The summed E-state index contributed by atoms with van der Waals surface area (Å²) in [6.07, 6.45) is 0. The number of tetrazole rings is 1. The van der Waals surface area contributed by atoms with Gasteiger partial charge in [-0.05, 0) is 22.6 Å². The largest absolute Gasteiger partial charge is 0.214 e. The van der Waals surface area contributed by atoms with Crippen LogP contribution in [0.25, 0.3) is 5.69 Å². The minimum atomic E-state index is 0.825. The van der Waals surface area contributed by atoms with Gasteiger partial charge in [-0.25, -0.2) is 0 Å². The summed E-state index contributed by atoms with van der Waals surface area (Å²) in [5.41, 5.74) is 0.991. The van der Waals surface area contributed by atoms with Crippen molar-refractivity contribution in [1.82, 2.24) is 20.2 Å². The summed E-state index contributed by atoms with van der Waals surface area (Å²) >= 11 is 3.90. The molecule has 72 valence electrons. The molecule has 0 spiro atoms. The zero-order valence-corrected chi connectivity index (χ0v) is 10.1. The van der Waals surface area contributed by atoms with Crippen LogP contribution in [0.2, 0.25) is 0 Å². The molecule has 1 aromatic heterocycles. The molecule has 6 heteroatoms. The lowest BCUT2D eigenvalue weighted by atomic mass is 10.3. The van der Waals surface area contributed by atoms with Crippen LogP contribution in [0.1, 0.15) is 0 Å². The third kappa shape index (κ3) is 2.06. The first-order chi connectivity index (χ1) is 6.92. The molecule has 4 nitrogen and oxygen atoms in total. The number of hydrogen-bond donors (Lipinski definition) is 0. The molecule has 0 amide bonds. The van der Waals surface area contributed by atoms with E-state index in [1.807, 2.05) is 30.3 Å². The van der Waals surface area contributed by atoms with Crippen LogP contribution in [0.5, 0.6) is 0 Å². The van der Waals surface area contributed by atoms with Crippen LogP contribution < -0.4 is 0 Å². The molecule has 0 saturated heterocycles. The van der Waals surface area contributed by atoms with Crippen LogP contribution in [0.3, 0.4) is 0 Å². The van der Waals surface area contributed by atoms with E-state index in [1.165, 1.54) is 0 Å². The van der Waals surface area contributed by atoms with Crippen molar-refractivity contribution in [2.24, 2.45) is 0 Å². The second kappa shape index (κ2) is 4.74. The molecule has 0 unspecified atom stereocenters. The van der Waals surface area contributed by atoms with Gasteiger partial charge >= 0.3 is 0 Å². The number of halogens is 1. The summed E-state index contributed by atoms with van der Waals surface area (Å²) in [5.74, 6) is 0. The molecule has 0 saturated carbocycles. The summed E-state index contributed by atoms with van der Waals surface area (Å²) in [4.78, 5) is 0. The second-order valence-electron chi connectivity index (χ2n) is 2.46. The third-order valence-corrected chi connectivity index (χ3v) is 3.18. The first-order valence-corrected chi connectivity index (χ1v) is 6.45. The van der Waals surface area contributed by atoms with Crippen molar-refractivity contribution in [1.29, 1.82) is 0 Å². The minimum absolute atomic E-state index is 0.825. The van der Waals surface area contributed by atoms with E-state index in [1.54, 1.807) is 16.4 Å². The summed E-state index contributed by atoms with van der Waals surface area (Å²) in [5, 5.41) is 12.4. The highest BCUT2D eigenvalue weighted by Gasteiger charge is 2.06. The molecule has 0 bridgehead atoms. The van der Waals surface area contributed by atoms with Gasteiger partial charge in [0.2, 0.25) is 5.16 Å². The molecule has 0 atom stereocenters. The Morgan fingerprint density at radius 1 is 1.29 bits per heavy atom. The van der Waals surface area contributed by atoms with E-state index in [0.29, 0.717) is 0 Å². The van der Waals surface area contributed by atoms with Gasteiger partial charge in [-0.2, -0.15) is 4.68 Å². The van der Waals surface area contributed by atoms with Gasteiger partial charge in [0.05, 0.1) is 9.45 Å². The van der Waals surface area contributed by atoms with Crippen molar-refractivity contribution in [2.75, 3.05) is 3.76 Å². The summed E-state index contributed by atoms with van der Waals surface area (Å²) < 4.78 is 2.67. The number of alkyl halides is 1. The molecule has 0 aliphatic carbocycles. The average Bonchev–Trinajstić information content (AvgIpc) is 2.68. The van der Waals surface area contributed by atoms with E-state index in [0.717, 1.165) is 14.6 Å². The Morgan fingerprint density at radius 2 is 2.07 bits per heavy atom. The SMILES string of the molecule is ICSc1nnnn1-c1ccccc1. The highest BCUT2D eigenvalue weighted by atomic mass is 127. The fourth-order valence-corrected chi connectivity index (χ4v) is 2.34. The Hall–Kier alpha value is -0.630. The van der Waals surface area contributed by atoms with E-state index in [-0.39, 0.29) is 0 Å². The lowest BCUT2D eigenvalue weighted by molar-refractivity contribution is 0.757. The van der Waals surface area contributed by atoms with Crippen LogP contribution in [0.15, 0.2) is 35.5 Å². The lowest BCUT2D eigenvalue weighted by Gasteiger charge is -2.01. The molecule has 2 aromatic rings. The lowest BCUT2D eigenvalue weighted by Crippen LogP contribution is -1.97. The summed E-state index contributed by atoms with van der Waals surface area (Å²) in [6.45, 7) is 0. The molecular weight excluding hydrogens is 311 g/mol. The van der Waals surface area contributed by atoms with Crippen molar-refractivity contribution >= 4 is 34.4 Å². The van der Waals surface area contributed by atoms with Crippen molar-refractivity contribution in [3.05, 3.63) is 30.3 Å². The third-order valence-electron chi connectivity index (χ3n) is 1.63. The molecule has 1 heterocycles. The molecule has 0 radical (unpaired) electrons. The smallest absolute Gasteiger partial charge is 0.187 e. The first kappa shape index (κ1) is 9.91. The van der Waals surface area contributed by atoms with Gasteiger partial charge in [-0.15, -0.1) is 5.10 Å². The van der Waals surface area contributed by atoms with Gasteiger partial charge in [0, 0.05) is 0 Å². The first-order valence-electron chi connectivity index (χ1n) is 3.94. The van der Waals surface area contributed by atoms with E-state index < -0.39 is 0 Å². The molecule has 2 rings (SSSR count). The van der Waals surface area contributed by atoms with Crippen molar-refractivity contribution in [3.8, 4) is 5.69 Å². The molecule has 1 aromatic carbocycles. The Balaban J connectivity index is 2.37. The molecular formula is C8H7IN4S. The molecule has 0 aliphatic heterocycles. The summed E-state index contributed by atoms with van der Waals surface area (Å²) in [6, 6.07) is 9.87. The number of aromatic nitrogens is 4. The number of nitrogens with zero attached hydrogens (tertiary/aromatic N) is 4. The van der Waals surface area contributed by atoms with Gasteiger partial charge in [0.25, 0.3) is 0 Å². The molecule has 14 heavy (non-hydrogen) atoms. The predicted octanol–water partition coefficient (Wildman–Crippen LogP) is 2.15. The minimum Gasteiger partial charge on any atom is -0.187 e. The normalized spacial score (nSPS) is 10.4. The fraction of sp³-hybridized carbons (Fsp3) is 0.125. The van der Waals surface area contributed by atoms with Crippen molar-refractivity contribution in [3.63, 3.8) is 0 Å². The van der Waals surface area contributed by atoms with Crippen LogP contribution in [-0.2, 0) is 0 Å². The van der Waals surface area contributed by atoms with E-state index in [2.05, 4.69) is 38.1 Å². The van der Waals surface area contributed by atoms with Gasteiger partial charge in [0.1, 0.15) is 0 Å². The Morgan fingerprint density at radius 3 is 2.79 bits per heavy atom. The van der Waals surface area contributed by atoms with Gasteiger partial charge < -0.3 is 0 Å². The van der Waals surface area contributed by atoms with Gasteiger partial charge in [-0.1, -0.05) is 52.6 Å². The number of thioether (sulfide) groups is 1. The van der Waals surface area contributed by atoms with Gasteiger partial charge in [-0.3, -0.25) is 0 Å². The quantitative estimate of drug-likeness (QED) is 0.494. The average molecular weight is 318 g/mol. The maximum absolute atomic E-state index is 3.94. The molecule has 0 aliphatic rings. The van der Waals surface area contributed by atoms with Crippen LogP contribution in [0, 0.1) is 0 Å². The van der Waals surface area contributed by atoms with Crippen molar-refractivity contribution < 1.29 is 0 Å². The van der Waals surface area contributed by atoms with Crippen LogP contribution >= 0.6 is 34.4 Å². The van der Waals surface area contributed by atoms with Crippen LogP contribution in [0.4, 0.5) is 0 Å². The summed E-state index contributed by atoms with van der Waals surface area (Å²) in [7, 11) is 0. The predicted molar refractivity (Wildman–Crippen MR) is 63.9 cm³/mol. The van der Waals surface area contributed by atoms with E-state index in [9.17, 15) is 0 Å². The Labute approximate surface area is 99.2 Å². The van der Waals surface area contributed by atoms with Crippen LogP contribution in [-0.4, -0.2) is 24.0 Å². The Bertz CT molecular complexity index is 403. The highest BCUT2D eigenvalue weighted by Crippen LogP contribution is 2.19. The number of rotatable bonds is 3. The number of benzene rings is 1. The second-order valence-corrected chi connectivity index (χ2v) is 5.20. The van der Waals surface area contributed by atoms with E-state index >= 15 is 0 Å². The number of para-hydroxylation sites is 1. The highest BCUT2D eigenvalue weighted by molar-refractivity contribution is 14.1. The topological polar surface area (TPSA) is 43.6 Å². The van der Waals surface area contributed by atoms with Crippen molar-refractivity contribution in [2.45, 2.75) is 5.16 Å². The standard InChI is InChI=1S/C8H7IN4S/c9-6-14-8-10-11-12-13(8)7-4-2-1-3-5-7/h1-5H,6H2. The molecule has 0 N–H and O–H groups in total. The fourth-order valence-electron chi connectivity index (χ4n) is 1.05. The maximum atomic E-state index is 3.94. The monoisotopic (exact) mass is 318 g/mol.